The summed E-state index contributed by atoms with van der Waals surface area (Å²) in [6.07, 6.45) is 18.6. The van der Waals surface area contributed by atoms with Gasteiger partial charge in [-0.1, -0.05) is 212 Å². The lowest BCUT2D eigenvalue weighted by molar-refractivity contribution is 0.694. The van der Waals surface area contributed by atoms with Crippen molar-refractivity contribution in [2.24, 2.45) is 5.92 Å². The number of benzene rings is 8. The number of pyridine rings is 1. The molecule has 0 fully saturated rings. The van der Waals surface area contributed by atoms with E-state index in [4.69, 9.17) is 4.98 Å². The Morgan fingerprint density at radius 1 is 0.508 bits per heavy atom. The first-order chi connectivity index (χ1) is 32.2. The van der Waals surface area contributed by atoms with Crippen LogP contribution < -0.4 is 0 Å². The van der Waals surface area contributed by atoms with Crippen LogP contribution in [0.5, 0.6) is 0 Å². The van der Waals surface area contributed by atoms with Crippen molar-refractivity contribution in [3.05, 3.63) is 275 Å². The molecule has 0 N–H and O–H groups in total. The molecule has 4 aliphatic carbocycles. The second-order valence-corrected chi connectivity index (χ2v) is 18.0. The molecular formula is C64H45N. The van der Waals surface area contributed by atoms with Gasteiger partial charge in [0.25, 0.3) is 0 Å². The number of nitrogens with zero attached hydrogens (tertiary/aromatic N) is 1. The van der Waals surface area contributed by atoms with Crippen LogP contribution in [0, 0.1) is 5.92 Å². The van der Waals surface area contributed by atoms with E-state index in [0.29, 0.717) is 11.8 Å². The van der Waals surface area contributed by atoms with Gasteiger partial charge in [0.1, 0.15) is 0 Å². The minimum absolute atomic E-state index is 0.314. The summed E-state index contributed by atoms with van der Waals surface area (Å²) in [5.74, 6) is 0.671. The zero-order chi connectivity index (χ0) is 42.9. The van der Waals surface area contributed by atoms with E-state index in [1.54, 1.807) is 0 Å². The molecule has 1 heterocycles. The summed E-state index contributed by atoms with van der Waals surface area (Å²) in [7, 11) is 0. The van der Waals surface area contributed by atoms with Gasteiger partial charge in [0.05, 0.1) is 16.6 Å². The Bertz CT molecular complexity index is 3490. The zero-order valence-electron chi connectivity index (χ0n) is 36.0. The van der Waals surface area contributed by atoms with E-state index in [9.17, 15) is 0 Å². The Kier molecular flexibility index (Phi) is 8.78. The molecule has 1 heteroatoms. The Labute approximate surface area is 380 Å². The number of para-hydroxylation sites is 1. The Morgan fingerprint density at radius 3 is 2.02 bits per heavy atom. The smallest absolute Gasteiger partial charge is 0.0715 e. The number of rotatable bonds is 6. The molecule has 65 heavy (non-hydrogen) atoms. The van der Waals surface area contributed by atoms with Gasteiger partial charge in [0, 0.05) is 17.2 Å². The predicted octanol–water partition coefficient (Wildman–Crippen LogP) is 16.2. The van der Waals surface area contributed by atoms with Crippen LogP contribution in [0.1, 0.15) is 57.8 Å². The molecular weight excluding hydrogens is 783 g/mol. The molecule has 1 nitrogen and oxygen atoms in total. The molecule has 8 aromatic carbocycles. The standard InChI is InChI=1S/C64H45N/c1-3-15-51(16-4-1)64(52-17-5-2-6-18-52)59-23-11-9-21-57(59)63-55(22-13-24-60(63)64)49-35-33-46-38-45(31-32-47(46)39-49)42-26-28-44(29-27-42)58-41-62(65-61-25-12-10-20-56(58)61)50-36-37-54-48(40-50)34-30-43-14-7-8-19-53(43)54/h1-8,10-20,22-41,48,54H,9,21H2. The van der Waals surface area contributed by atoms with E-state index in [1.165, 1.54) is 94.3 Å². The summed E-state index contributed by atoms with van der Waals surface area (Å²) in [6.45, 7) is 0. The van der Waals surface area contributed by atoms with Crippen molar-refractivity contribution in [3.63, 3.8) is 0 Å². The average Bonchev–Trinajstić information content (AvgIpc) is 3.69. The van der Waals surface area contributed by atoms with Crippen molar-refractivity contribution < 1.29 is 0 Å². The molecule has 0 bridgehead atoms. The van der Waals surface area contributed by atoms with Crippen LogP contribution in [0.25, 0.3) is 72.3 Å². The summed E-state index contributed by atoms with van der Waals surface area (Å²) in [6, 6.07) is 71.9. The van der Waals surface area contributed by atoms with Gasteiger partial charge < -0.3 is 0 Å². The van der Waals surface area contributed by atoms with Crippen molar-refractivity contribution in [2.45, 2.75) is 24.2 Å². The first-order valence-corrected chi connectivity index (χ1v) is 23.1. The second kappa shape index (κ2) is 15.1. The summed E-state index contributed by atoms with van der Waals surface area (Å²) < 4.78 is 0. The quantitative estimate of drug-likeness (QED) is 0.163. The zero-order valence-corrected chi connectivity index (χ0v) is 36.0. The van der Waals surface area contributed by atoms with Gasteiger partial charge in [0.15, 0.2) is 0 Å². The molecule has 0 spiro atoms. The lowest BCUT2D eigenvalue weighted by Crippen LogP contribution is -2.29. The third kappa shape index (κ3) is 6.03. The van der Waals surface area contributed by atoms with Crippen LogP contribution in [0.15, 0.2) is 236 Å². The Balaban J connectivity index is 0.838. The SMILES string of the molecule is C1=CC2=C(CC1)c1c(-c3ccc4cc(-c5ccc(-c6cc(C7=CC8C=Cc9ccccc9C8C=C7)nc7ccccc67)cc5)ccc4c3)cccc1C2(c1ccccc1)c1ccccc1. The van der Waals surface area contributed by atoms with E-state index in [0.717, 1.165) is 29.4 Å². The number of aromatic nitrogens is 1. The van der Waals surface area contributed by atoms with Crippen LogP contribution >= 0.6 is 0 Å². The van der Waals surface area contributed by atoms with Crippen molar-refractivity contribution >= 4 is 38.9 Å². The van der Waals surface area contributed by atoms with Gasteiger partial charge in [0.2, 0.25) is 0 Å². The van der Waals surface area contributed by atoms with Gasteiger partial charge >= 0.3 is 0 Å². The van der Waals surface area contributed by atoms with Crippen LogP contribution in [0.2, 0.25) is 0 Å². The molecule has 2 unspecified atom stereocenters. The van der Waals surface area contributed by atoms with Gasteiger partial charge in [-0.05, 0) is 131 Å². The summed E-state index contributed by atoms with van der Waals surface area (Å²) >= 11 is 0. The predicted molar refractivity (Wildman–Crippen MR) is 272 cm³/mol. The summed E-state index contributed by atoms with van der Waals surface area (Å²) in [5.41, 5.74) is 21.2. The van der Waals surface area contributed by atoms with Crippen molar-refractivity contribution in [3.8, 4) is 33.4 Å². The molecule has 2 atom stereocenters. The van der Waals surface area contributed by atoms with Gasteiger partial charge in [-0.3, -0.25) is 0 Å². The highest BCUT2D eigenvalue weighted by atomic mass is 14.7. The van der Waals surface area contributed by atoms with E-state index < -0.39 is 0 Å². The van der Waals surface area contributed by atoms with Gasteiger partial charge in [-0.15, -0.1) is 0 Å². The molecule has 0 saturated heterocycles. The molecule has 0 amide bonds. The minimum Gasteiger partial charge on any atom is -0.248 e. The van der Waals surface area contributed by atoms with Gasteiger partial charge in [-0.2, -0.15) is 0 Å². The summed E-state index contributed by atoms with van der Waals surface area (Å²) in [5, 5.41) is 3.65. The highest BCUT2D eigenvalue weighted by molar-refractivity contribution is 5.99. The second-order valence-electron chi connectivity index (χ2n) is 18.0. The molecule has 1 aromatic heterocycles. The van der Waals surface area contributed by atoms with Crippen molar-refractivity contribution in [1.82, 2.24) is 4.98 Å². The maximum absolute atomic E-state index is 5.20. The first kappa shape index (κ1) is 37.7. The molecule has 9 aromatic rings. The van der Waals surface area contributed by atoms with Crippen molar-refractivity contribution in [1.29, 1.82) is 0 Å². The van der Waals surface area contributed by atoms with Crippen LogP contribution in [-0.4, -0.2) is 4.98 Å². The number of hydrogen-bond donors (Lipinski definition) is 0. The topological polar surface area (TPSA) is 12.9 Å². The molecule has 0 saturated carbocycles. The van der Waals surface area contributed by atoms with E-state index in [2.05, 4.69) is 237 Å². The fourth-order valence-corrected chi connectivity index (χ4v) is 11.6. The maximum Gasteiger partial charge on any atom is 0.0715 e. The molecule has 4 aliphatic rings. The van der Waals surface area contributed by atoms with Crippen LogP contribution in [0.3, 0.4) is 0 Å². The Hall–Kier alpha value is -7.87. The third-order valence-electron chi connectivity index (χ3n) is 14.6. The lowest BCUT2D eigenvalue weighted by Gasteiger charge is -2.35. The Morgan fingerprint density at radius 2 is 1.20 bits per heavy atom. The maximum atomic E-state index is 5.20. The molecule has 306 valence electrons. The highest BCUT2D eigenvalue weighted by Crippen LogP contribution is 2.59. The first-order valence-electron chi connectivity index (χ1n) is 23.1. The average molecular weight is 828 g/mol. The number of hydrogen-bond acceptors (Lipinski definition) is 1. The van der Waals surface area contributed by atoms with E-state index in [1.807, 2.05) is 0 Å². The number of allylic oxidation sites excluding steroid dienone is 9. The monoisotopic (exact) mass is 827 g/mol. The van der Waals surface area contributed by atoms with Crippen molar-refractivity contribution in [2.75, 3.05) is 0 Å². The molecule has 0 radical (unpaired) electrons. The largest absolute Gasteiger partial charge is 0.248 e. The van der Waals surface area contributed by atoms with Crippen LogP contribution in [-0.2, 0) is 5.41 Å². The molecule has 0 aliphatic heterocycles. The number of fused-ring (bicyclic) bond motifs is 7. The normalized spacial score (nSPS) is 17.7. The molecule has 13 rings (SSSR count). The van der Waals surface area contributed by atoms with Crippen LogP contribution in [0.4, 0.5) is 0 Å². The minimum atomic E-state index is -0.372. The highest BCUT2D eigenvalue weighted by Gasteiger charge is 2.47. The third-order valence-corrected chi connectivity index (χ3v) is 14.6. The van der Waals surface area contributed by atoms with E-state index in [-0.39, 0.29) is 5.41 Å². The summed E-state index contributed by atoms with van der Waals surface area (Å²) in [4.78, 5) is 5.20. The van der Waals surface area contributed by atoms with E-state index >= 15 is 0 Å². The lowest BCUT2D eigenvalue weighted by atomic mass is 9.66. The van der Waals surface area contributed by atoms with Gasteiger partial charge in [-0.25, -0.2) is 4.98 Å². The fourth-order valence-electron chi connectivity index (χ4n) is 11.6. The fraction of sp³-hybridized carbons (Fsp3) is 0.0781.